The Kier molecular flexibility index (Phi) is 3.94. The largest absolute Gasteiger partial charge is 0.478 e. The second-order valence-corrected chi connectivity index (χ2v) is 9.32. The van der Waals surface area contributed by atoms with Gasteiger partial charge in [-0.25, -0.2) is 4.79 Å². The molecular formula is C18H24N2O4S. The van der Waals surface area contributed by atoms with Gasteiger partial charge in [0.15, 0.2) is 0 Å². The van der Waals surface area contributed by atoms with Crippen molar-refractivity contribution in [3.63, 3.8) is 0 Å². The quantitative estimate of drug-likeness (QED) is 0.856. The van der Waals surface area contributed by atoms with E-state index in [0.717, 1.165) is 37.7 Å². The van der Waals surface area contributed by atoms with E-state index in [4.69, 9.17) is 0 Å². The van der Waals surface area contributed by atoms with Crippen molar-refractivity contribution in [2.24, 2.45) is 11.8 Å². The molecular weight excluding hydrogens is 340 g/mol. The normalized spacial score (nSPS) is 33.3. The molecule has 4 rings (SSSR count). The van der Waals surface area contributed by atoms with Crippen molar-refractivity contribution in [1.29, 1.82) is 0 Å². The maximum absolute atomic E-state index is 12.6. The van der Waals surface area contributed by atoms with Gasteiger partial charge in [-0.2, -0.15) is 17.4 Å². The molecule has 2 aliphatic carbocycles. The van der Waals surface area contributed by atoms with Crippen LogP contribution >= 0.6 is 0 Å². The number of carbonyl (C=O) groups is 1. The third kappa shape index (κ3) is 2.60. The minimum Gasteiger partial charge on any atom is -0.478 e. The molecule has 0 amide bonds. The van der Waals surface area contributed by atoms with Crippen LogP contribution in [0.15, 0.2) is 18.2 Å². The average Bonchev–Trinajstić information content (AvgIpc) is 2.93. The van der Waals surface area contributed by atoms with Gasteiger partial charge in [0.05, 0.1) is 11.1 Å². The van der Waals surface area contributed by atoms with Crippen molar-refractivity contribution in [3.05, 3.63) is 34.9 Å². The molecule has 0 radical (unpaired) electrons. The number of hydrogen-bond donors (Lipinski definition) is 2. The third-order valence-corrected chi connectivity index (χ3v) is 7.91. The van der Waals surface area contributed by atoms with Gasteiger partial charge in [-0.05, 0) is 67.2 Å². The topological polar surface area (TPSA) is 86.7 Å². The maximum atomic E-state index is 12.6. The zero-order valence-corrected chi connectivity index (χ0v) is 15.2. The van der Waals surface area contributed by atoms with E-state index >= 15 is 0 Å². The summed E-state index contributed by atoms with van der Waals surface area (Å²) in [7, 11) is -3.42. The highest BCUT2D eigenvalue weighted by molar-refractivity contribution is 7.87. The fourth-order valence-electron chi connectivity index (χ4n) is 5.09. The Morgan fingerprint density at radius 2 is 1.96 bits per heavy atom. The molecule has 2 fully saturated rings. The molecule has 1 heterocycles. The summed E-state index contributed by atoms with van der Waals surface area (Å²) in [5.74, 6) is -0.423. The fourth-order valence-corrected chi connectivity index (χ4v) is 6.90. The van der Waals surface area contributed by atoms with E-state index < -0.39 is 21.7 Å². The zero-order chi connectivity index (χ0) is 17.8. The lowest BCUT2D eigenvalue weighted by Gasteiger charge is -2.33. The first-order valence-electron chi connectivity index (χ1n) is 9.00. The van der Waals surface area contributed by atoms with E-state index in [1.807, 2.05) is 13.0 Å². The predicted octanol–water partition coefficient (Wildman–Crippen LogP) is 1.81. The van der Waals surface area contributed by atoms with Crippen LogP contribution in [-0.2, 0) is 23.1 Å². The van der Waals surface area contributed by atoms with Crippen molar-refractivity contribution in [2.75, 3.05) is 13.1 Å². The first kappa shape index (κ1) is 17.0. The van der Waals surface area contributed by atoms with E-state index in [1.165, 1.54) is 5.56 Å². The molecule has 25 heavy (non-hydrogen) atoms. The van der Waals surface area contributed by atoms with Crippen LogP contribution in [0.3, 0.4) is 0 Å². The highest BCUT2D eigenvalue weighted by atomic mass is 32.2. The number of benzene rings is 1. The number of fused-ring (bicyclic) bond motifs is 1. The molecule has 0 aromatic heterocycles. The summed E-state index contributed by atoms with van der Waals surface area (Å²) < 4.78 is 29.9. The van der Waals surface area contributed by atoms with E-state index in [9.17, 15) is 18.3 Å². The monoisotopic (exact) mass is 364 g/mol. The molecule has 2 bridgehead atoms. The third-order valence-electron chi connectivity index (χ3n) is 6.28. The van der Waals surface area contributed by atoms with Crippen LogP contribution in [0.1, 0.15) is 47.7 Å². The van der Waals surface area contributed by atoms with E-state index in [0.29, 0.717) is 18.7 Å². The summed E-state index contributed by atoms with van der Waals surface area (Å²) in [5, 5.41) is 9.26. The van der Waals surface area contributed by atoms with E-state index in [2.05, 4.69) is 4.72 Å². The Bertz CT molecular complexity index is 822. The van der Waals surface area contributed by atoms with Crippen molar-refractivity contribution in [1.82, 2.24) is 9.03 Å². The minimum atomic E-state index is -3.42. The van der Waals surface area contributed by atoms with Gasteiger partial charge in [0.2, 0.25) is 0 Å². The molecule has 1 aromatic rings. The summed E-state index contributed by atoms with van der Waals surface area (Å²) in [6, 6.07) is 5.36. The summed E-state index contributed by atoms with van der Waals surface area (Å²) in [6.07, 6.45) is 4.37. The van der Waals surface area contributed by atoms with Crippen LogP contribution in [-0.4, -0.2) is 42.4 Å². The zero-order valence-electron chi connectivity index (χ0n) is 14.4. The average molecular weight is 364 g/mol. The fraction of sp³-hybridized carbons (Fsp3) is 0.611. The van der Waals surface area contributed by atoms with Crippen LogP contribution in [0.5, 0.6) is 0 Å². The smallest absolute Gasteiger partial charge is 0.335 e. The molecule has 6 nitrogen and oxygen atoms in total. The van der Waals surface area contributed by atoms with Gasteiger partial charge in [-0.15, -0.1) is 0 Å². The van der Waals surface area contributed by atoms with Crippen molar-refractivity contribution >= 4 is 16.2 Å². The number of carboxylic acids is 1. The lowest BCUT2D eigenvalue weighted by Crippen LogP contribution is -2.52. The van der Waals surface area contributed by atoms with E-state index in [1.54, 1.807) is 16.4 Å². The standard InChI is InChI=1S/C18H24N2O4S/c1-2-7-20-11-18(19-25(20,23)24)15-5-6-16(18)10-14-8-13(17(21)22)4-3-12(14)9-15/h3-4,8,15-16,19H,2,5-7,9-11H2,1H3,(H,21,22)/t15-,16+,18+/m0/s1. The second-order valence-electron chi connectivity index (χ2n) is 7.65. The number of nitrogens with one attached hydrogen (secondary N) is 1. The van der Waals surface area contributed by atoms with Crippen molar-refractivity contribution in [3.8, 4) is 0 Å². The van der Waals surface area contributed by atoms with Crippen molar-refractivity contribution in [2.45, 2.75) is 44.6 Å². The molecule has 1 aliphatic heterocycles. The Hall–Kier alpha value is -1.44. The SMILES string of the molecule is CCCN1C[C@]2(NS1(=O)=O)[C@@H]1CC[C@H]2Cc2ccc(C(=O)O)cc2C1. The first-order chi connectivity index (χ1) is 11.9. The molecule has 1 saturated heterocycles. The van der Waals surface area contributed by atoms with Gasteiger partial charge in [0, 0.05) is 13.1 Å². The maximum Gasteiger partial charge on any atom is 0.335 e. The number of hydrogen-bond acceptors (Lipinski definition) is 3. The van der Waals surface area contributed by atoms with Crippen LogP contribution in [0.2, 0.25) is 0 Å². The molecule has 2 N–H and O–H groups in total. The highest BCUT2D eigenvalue weighted by Gasteiger charge is 2.59. The van der Waals surface area contributed by atoms with Gasteiger partial charge in [0.25, 0.3) is 10.2 Å². The molecule has 1 aromatic carbocycles. The van der Waals surface area contributed by atoms with Gasteiger partial charge in [-0.3, -0.25) is 0 Å². The Labute approximate surface area is 148 Å². The first-order valence-corrected chi connectivity index (χ1v) is 10.4. The number of carboxylic acid groups (broad SMARTS) is 1. The summed E-state index contributed by atoms with van der Waals surface area (Å²) in [4.78, 5) is 11.3. The number of nitrogens with zero attached hydrogens (tertiary/aromatic N) is 1. The molecule has 7 heteroatoms. The molecule has 1 saturated carbocycles. The van der Waals surface area contributed by atoms with E-state index in [-0.39, 0.29) is 11.8 Å². The van der Waals surface area contributed by atoms with Gasteiger partial charge < -0.3 is 5.11 Å². The van der Waals surface area contributed by atoms with Gasteiger partial charge >= 0.3 is 5.97 Å². The lowest BCUT2D eigenvalue weighted by atomic mass is 9.79. The highest BCUT2D eigenvalue weighted by Crippen LogP contribution is 2.50. The number of rotatable bonds is 3. The van der Waals surface area contributed by atoms with Gasteiger partial charge in [0.1, 0.15) is 0 Å². The molecule has 3 aliphatic rings. The molecule has 3 atom stereocenters. The lowest BCUT2D eigenvalue weighted by molar-refractivity contribution is 0.0696. The Morgan fingerprint density at radius 1 is 1.28 bits per heavy atom. The summed E-state index contributed by atoms with van der Waals surface area (Å²) in [5.41, 5.74) is 2.14. The van der Waals surface area contributed by atoms with Crippen LogP contribution in [0, 0.1) is 11.8 Å². The summed E-state index contributed by atoms with van der Waals surface area (Å²) >= 11 is 0. The van der Waals surface area contributed by atoms with Crippen molar-refractivity contribution < 1.29 is 18.3 Å². The van der Waals surface area contributed by atoms with Crippen LogP contribution < -0.4 is 4.72 Å². The van der Waals surface area contributed by atoms with Crippen LogP contribution in [0.4, 0.5) is 0 Å². The second kappa shape index (κ2) is 5.79. The van der Waals surface area contributed by atoms with Gasteiger partial charge in [-0.1, -0.05) is 13.0 Å². The Balaban J connectivity index is 1.71. The molecule has 1 spiro atoms. The predicted molar refractivity (Wildman–Crippen MR) is 93.7 cm³/mol. The summed E-state index contributed by atoms with van der Waals surface area (Å²) in [6.45, 7) is 3.08. The molecule has 0 unspecified atom stereocenters. The molecule has 136 valence electrons. The number of aromatic carboxylic acids is 1. The Morgan fingerprint density at radius 3 is 2.60 bits per heavy atom. The minimum absolute atomic E-state index is 0.222. The van der Waals surface area contributed by atoms with Crippen LogP contribution in [0.25, 0.3) is 0 Å².